The number of carboxylic acids is 1. The van der Waals surface area contributed by atoms with Crippen molar-refractivity contribution in [2.45, 2.75) is 42.1 Å². The smallest absolute Gasteiger partial charge is 0.352 e. The summed E-state index contributed by atoms with van der Waals surface area (Å²) in [5.74, 6) is -1.77. The Hall–Kier alpha value is -3.44. The van der Waals surface area contributed by atoms with Gasteiger partial charge in [0.1, 0.15) is 28.9 Å². The summed E-state index contributed by atoms with van der Waals surface area (Å²) >= 11 is 3.78. The number of hydrogen-bond acceptors (Lipinski definition) is 13. The van der Waals surface area contributed by atoms with Gasteiger partial charge in [-0.05, 0) is 28.8 Å². The predicted octanol–water partition coefficient (Wildman–Crippen LogP) is 0.312. The van der Waals surface area contributed by atoms with E-state index in [2.05, 4.69) is 37.6 Å². The highest BCUT2D eigenvalue weighted by Crippen LogP contribution is 2.41. The van der Waals surface area contributed by atoms with Crippen molar-refractivity contribution >= 4 is 63.5 Å². The third kappa shape index (κ3) is 5.19. The van der Waals surface area contributed by atoms with Crippen molar-refractivity contribution in [3.8, 4) is 0 Å². The number of aliphatic carboxylic acids is 1. The highest BCUT2D eigenvalue weighted by atomic mass is 32.2. The first-order valence-electron chi connectivity index (χ1n) is 11.0. The number of rotatable bonds is 11. The first kappa shape index (κ1) is 25.2. The summed E-state index contributed by atoms with van der Waals surface area (Å²) in [7, 11) is 0. The van der Waals surface area contributed by atoms with Crippen molar-refractivity contribution in [3.63, 3.8) is 0 Å². The van der Waals surface area contributed by atoms with Crippen LogP contribution in [0, 0.1) is 0 Å². The Balaban J connectivity index is 1.30. The Bertz CT molecular complexity index is 1320. The number of carbonyl (C=O) groups excluding carboxylic acids is 2. The van der Waals surface area contributed by atoms with Crippen molar-refractivity contribution in [2.75, 3.05) is 17.2 Å². The number of nitrogens with two attached hydrogens (primary N) is 1. The summed E-state index contributed by atoms with van der Waals surface area (Å²) < 4.78 is 1.54. The highest BCUT2D eigenvalue weighted by Gasteiger charge is 2.54. The largest absolute Gasteiger partial charge is 0.477 e. The van der Waals surface area contributed by atoms with Crippen molar-refractivity contribution in [2.24, 2.45) is 5.16 Å². The van der Waals surface area contributed by atoms with Crippen LogP contribution in [0.1, 0.15) is 18.5 Å². The molecule has 5 rings (SSSR count). The zero-order chi connectivity index (χ0) is 26.1. The second-order valence-corrected chi connectivity index (χ2v) is 11.1. The molecule has 2 atom stereocenters. The Morgan fingerprint density at radius 2 is 2.24 bits per heavy atom. The van der Waals surface area contributed by atoms with Crippen LogP contribution < -0.4 is 11.1 Å². The van der Waals surface area contributed by atoms with Gasteiger partial charge < -0.3 is 21.0 Å². The normalized spacial score (nSPS) is 21.4. The average molecular weight is 564 g/mol. The predicted molar refractivity (Wildman–Crippen MR) is 136 cm³/mol. The van der Waals surface area contributed by atoms with Gasteiger partial charge in [0.15, 0.2) is 10.8 Å². The number of thioether (sulfide) groups is 2. The summed E-state index contributed by atoms with van der Waals surface area (Å²) in [6, 6.07) is -0.928. The first-order valence-corrected chi connectivity index (χ1v) is 13.9. The molecule has 0 unspecified atom stereocenters. The number of thiazole rings is 1. The van der Waals surface area contributed by atoms with E-state index in [4.69, 9.17) is 10.6 Å². The van der Waals surface area contributed by atoms with Gasteiger partial charge in [-0.3, -0.25) is 14.5 Å². The quantitative estimate of drug-likeness (QED) is 0.112. The van der Waals surface area contributed by atoms with Crippen molar-refractivity contribution in [1.29, 1.82) is 0 Å². The summed E-state index contributed by atoms with van der Waals surface area (Å²) in [6.07, 6.45) is 3.30. The van der Waals surface area contributed by atoms with Gasteiger partial charge in [0.2, 0.25) is 5.16 Å². The van der Waals surface area contributed by atoms with Crippen LogP contribution in [0.4, 0.5) is 5.13 Å². The molecule has 0 radical (unpaired) electrons. The minimum Gasteiger partial charge on any atom is -0.477 e. The van der Waals surface area contributed by atoms with Gasteiger partial charge in [-0.15, -0.1) is 34.8 Å². The number of hydrogen-bond donors (Lipinski definition) is 3. The molecule has 0 aromatic carbocycles. The lowest BCUT2D eigenvalue weighted by molar-refractivity contribution is -0.150. The number of anilines is 1. The topological polar surface area (TPSA) is 191 Å². The summed E-state index contributed by atoms with van der Waals surface area (Å²) in [5.41, 5.74) is 6.33. The van der Waals surface area contributed by atoms with Crippen LogP contribution in [-0.4, -0.2) is 87.7 Å². The molecular formula is C20H21N9O5S3. The van der Waals surface area contributed by atoms with E-state index in [1.807, 2.05) is 0 Å². The van der Waals surface area contributed by atoms with E-state index in [0.29, 0.717) is 23.0 Å². The molecule has 1 aliphatic carbocycles. The van der Waals surface area contributed by atoms with Gasteiger partial charge in [-0.25, -0.2) is 14.5 Å². The van der Waals surface area contributed by atoms with Crippen LogP contribution in [0.25, 0.3) is 0 Å². The van der Waals surface area contributed by atoms with Crippen LogP contribution >= 0.6 is 34.9 Å². The Morgan fingerprint density at radius 3 is 2.92 bits per heavy atom. The lowest BCUT2D eigenvalue weighted by Gasteiger charge is -2.49. The van der Waals surface area contributed by atoms with Gasteiger partial charge in [0.25, 0.3) is 11.8 Å². The zero-order valence-corrected chi connectivity index (χ0v) is 21.6. The number of amides is 2. The second-order valence-electron chi connectivity index (χ2n) is 8.15. The van der Waals surface area contributed by atoms with Gasteiger partial charge in [0.05, 0.1) is 6.54 Å². The molecule has 2 aromatic rings. The number of oxime groups is 1. The molecule has 0 spiro atoms. The van der Waals surface area contributed by atoms with E-state index >= 15 is 0 Å². The molecule has 2 amide bonds. The molecule has 0 bridgehead atoms. The fourth-order valence-electron chi connectivity index (χ4n) is 3.59. The number of tetrazole rings is 1. The third-order valence-electron chi connectivity index (χ3n) is 5.51. The standard InChI is InChI=1S/C20H21N9O5S3/c1-2-5-28-20(24-26-27-28)37-7-9-6-35-17-13(16(31)29(17)14(9)18(32)33)23-15(30)12(25-34-10-3-4-10)11-8-36-19(21)22-11/h2,8,10,13,17H,1,3-7H2,(H2,21,22)(H,23,30)(H,32,33)/b25-12+/t13-,17-/m1/s1. The second kappa shape index (κ2) is 10.5. The molecule has 2 aliphatic heterocycles. The number of allylic oxidation sites excluding steroid dienone is 1. The number of fused-ring (bicyclic) bond motifs is 1. The van der Waals surface area contributed by atoms with E-state index in [1.165, 1.54) is 28.4 Å². The van der Waals surface area contributed by atoms with E-state index in [0.717, 1.165) is 24.2 Å². The molecule has 4 heterocycles. The Labute approximate surface area is 222 Å². The number of carbonyl (C=O) groups is 3. The average Bonchev–Trinajstić information content (AvgIpc) is 3.44. The monoisotopic (exact) mass is 563 g/mol. The summed E-state index contributed by atoms with van der Waals surface area (Å²) in [6.45, 7) is 4.07. The number of carboxylic acid groups (broad SMARTS) is 1. The maximum atomic E-state index is 13.1. The number of nitrogens with one attached hydrogen (secondary N) is 1. The molecule has 2 aromatic heterocycles. The fraction of sp³-hybridized carbons (Fsp3) is 0.400. The fourth-order valence-corrected chi connectivity index (χ4v) is 6.51. The minimum absolute atomic E-state index is 0.0468. The molecule has 14 nitrogen and oxygen atoms in total. The number of aromatic nitrogens is 5. The van der Waals surface area contributed by atoms with Gasteiger partial charge in [-0.1, -0.05) is 23.0 Å². The lowest BCUT2D eigenvalue weighted by atomic mass is 10.0. The summed E-state index contributed by atoms with van der Waals surface area (Å²) in [4.78, 5) is 48.9. The van der Waals surface area contributed by atoms with E-state index < -0.39 is 29.2 Å². The lowest BCUT2D eigenvalue weighted by Crippen LogP contribution is -2.71. The van der Waals surface area contributed by atoms with Crippen LogP contribution in [0.15, 0.2) is 39.6 Å². The Kier molecular flexibility index (Phi) is 7.16. The van der Waals surface area contributed by atoms with Crippen LogP contribution in [0.3, 0.4) is 0 Å². The SMILES string of the molecule is C=CCn1nnnc1SCC1=C(C(=O)O)N2C(=O)[C@@H](NC(=O)/C(=N/OC3CC3)c3csc(N)n3)[C@H]2SC1. The van der Waals surface area contributed by atoms with Gasteiger partial charge in [0, 0.05) is 16.9 Å². The Morgan fingerprint density at radius 1 is 1.43 bits per heavy atom. The summed E-state index contributed by atoms with van der Waals surface area (Å²) in [5, 5.41) is 29.8. The van der Waals surface area contributed by atoms with E-state index in [1.54, 1.807) is 16.1 Å². The first-order chi connectivity index (χ1) is 17.9. The zero-order valence-electron chi connectivity index (χ0n) is 19.1. The minimum atomic E-state index is -1.22. The molecule has 3 aliphatic rings. The number of nitrogen functional groups attached to an aromatic ring is 1. The van der Waals surface area contributed by atoms with Crippen molar-refractivity contribution in [3.05, 3.63) is 35.0 Å². The van der Waals surface area contributed by atoms with Crippen LogP contribution in [0.5, 0.6) is 0 Å². The third-order valence-corrected chi connectivity index (χ3v) is 8.57. The highest BCUT2D eigenvalue weighted by molar-refractivity contribution is 8.01. The van der Waals surface area contributed by atoms with Gasteiger partial charge >= 0.3 is 5.97 Å². The molecule has 4 N–H and O–H groups in total. The molecule has 1 saturated heterocycles. The van der Waals surface area contributed by atoms with E-state index in [9.17, 15) is 19.5 Å². The van der Waals surface area contributed by atoms with Crippen LogP contribution in [0.2, 0.25) is 0 Å². The molecule has 37 heavy (non-hydrogen) atoms. The number of nitrogens with zero attached hydrogens (tertiary/aromatic N) is 7. The van der Waals surface area contributed by atoms with Crippen LogP contribution in [-0.2, 0) is 25.8 Å². The maximum Gasteiger partial charge on any atom is 0.352 e. The van der Waals surface area contributed by atoms with E-state index in [-0.39, 0.29) is 34.1 Å². The molecule has 1 saturated carbocycles. The number of β-lactam (4-membered cyclic amide) rings is 1. The molecule has 17 heteroatoms. The molecular weight excluding hydrogens is 542 g/mol. The van der Waals surface area contributed by atoms with Crippen molar-refractivity contribution < 1.29 is 24.3 Å². The maximum absolute atomic E-state index is 13.1. The molecule has 194 valence electrons. The van der Waals surface area contributed by atoms with Crippen molar-refractivity contribution in [1.82, 2.24) is 35.4 Å². The molecule has 2 fully saturated rings. The van der Waals surface area contributed by atoms with Gasteiger partial charge in [-0.2, -0.15) is 0 Å².